The van der Waals surface area contributed by atoms with Gasteiger partial charge in [0.1, 0.15) is 12.4 Å². The van der Waals surface area contributed by atoms with Crippen LogP contribution in [0.3, 0.4) is 0 Å². The molecule has 0 saturated heterocycles. The molecule has 0 aliphatic heterocycles. The average Bonchev–Trinajstić information content (AvgIpc) is 2.78. The molecule has 0 saturated carbocycles. The van der Waals surface area contributed by atoms with Gasteiger partial charge in [-0.2, -0.15) is 0 Å². The van der Waals surface area contributed by atoms with Gasteiger partial charge in [0.05, 0.1) is 23.2 Å². The first-order valence-corrected chi connectivity index (χ1v) is 12.0. The van der Waals surface area contributed by atoms with E-state index in [0.29, 0.717) is 17.3 Å². The number of rotatable bonds is 9. The van der Waals surface area contributed by atoms with Gasteiger partial charge in [-0.1, -0.05) is 54.6 Å². The average molecular weight is 470 g/mol. The van der Waals surface area contributed by atoms with Crippen molar-refractivity contribution < 1.29 is 22.4 Å². The van der Waals surface area contributed by atoms with Crippen LogP contribution in [0.15, 0.2) is 78.9 Å². The third-order valence-corrected chi connectivity index (χ3v) is 5.92. The van der Waals surface area contributed by atoms with Gasteiger partial charge in [-0.3, -0.25) is 13.9 Å². The Labute approximate surface area is 192 Å². The zero-order valence-electron chi connectivity index (χ0n) is 18.0. The molecular formula is C24H24FN3O4S. The lowest BCUT2D eigenvalue weighted by Gasteiger charge is -2.22. The van der Waals surface area contributed by atoms with Crippen LogP contribution in [0, 0.1) is 5.82 Å². The molecule has 3 rings (SSSR count). The SMILES string of the molecule is CS(=O)(=O)N(CC(=O)Nc1ccccc1C(=O)NCCc1ccccc1)c1ccccc1F. The summed E-state index contributed by atoms with van der Waals surface area (Å²) in [7, 11) is -3.94. The van der Waals surface area contributed by atoms with Crippen LogP contribution in [0.1, 0.15) is 15.9 Å². The number of hydrogen-bond donors (Lipinski definition) is 2. The van der Waals surface area contributed by atoms with E-state index in [0.717, 1.165) is 17.9 Å². The van der Waals surface area contributed by atoms with Gasteiger partial charge < -0.3 is 10.6 Å². The minimum Gasteiger partial charge on any atom is -0.352 e. The zero-order chi connectivity index (χ0) is 23.8. The van der Waals surface area contributed by atoms with E-state index < -0.39 is 28.3 Å². The summed E-state index contributed by atoms with van der Waals surface area (Å²) in [5, 5.41) is 5.38. The van der Waals surface area contributed by atoms with Crippen molar-refractivity contribution in [3.8, 4) is 0 Å². The highest BCUT2D eigenvalue weighted by atomic mass is 32.2. The molecule has 172 valence electrons. The summed E-state index contributed by atoms with van der Waals surface area (Å²) in [6, 6.07) is 21.4. The van der Waals surface area contributed by atoms with Gasteiger partial charge in [0.25, 0.3) is 5.91 Å². The predicted molar refractivity (Wildman–Crippen MR) is 126 cm³/mol. The Morgan fingerprint density at radius 3 is 2.24 bits per heavy atom. The number of halogens is 1. The lowest BCUT2D eigenvalue weighted by molar-refractivity contribution is -0.114. The van der Waals surface area contributed by atoms with E-state index in [2.05, 4.69) is 10.6 Å². The first-order valence-electron chi connectivity index (χ1n) is 10.2. The first-order chi connectivity index (χ1) is 15.8. The van der Waals surface area contributed by atoms with E-state index in [9.17, 15) is 22.4 Å². The molecule has 3 aromatic carbocycles. The number of para-hydroxylation sites is 2. The summed E-state index contributed by atoms with van der Waals surface area (Å²) in [5.74, 6) is -1.86. The molecule has 0 atom stereocenters. The van der Waals surface area contributed by atoms with Crippen molar-refractivity contribution in [2.45, 2.75) is 6.42 Å². The topological polar surface area (TPSA) is 95.6 Å². The third kappa shape index (κ3) is 6.63. The largest absolute Gasteiger partial charge is 0.352 e. The molecule has 7 nitrogen and oxygen atoms in total. The molecule has 0 radical (unpaired) electrons. The fourth-order valence-corrected chi connectivity index (χ4v) is 4.06. The van der Waals surface area contributed by atoms with Crippen LogP contribution in [0.2, 0.25) is 0 Å². The monoisotopic (exact) mass is 469 g/mol. The maximum Gasteiger partial charge on any atom is 0.253 e. The minimum absolute atomic E-state index is 0.224. The van der Waals surface area contributed by atoms with Crippen LogP contribution < -0.4 is 14.9 Å². The van der Waals surface area contributed by atoms with Crippen LogP contribution in [-0.2, 0) is 21.2 Å². The van der Waals surface area contributed by atoms with E-state index in [1.54, 1.807) is 18.2 Å². The molecule has 0 aliphatic rings. The second-order valence-electron chi connectivity index (χ2n) is 7.31. The lowest BCUT2D eigenvalue weighted by Crippen LogP contribution is -2.38. The summed E-state index contributed by atoms with van der Waals surface area (Å²) < 4.78 is 39.2. The van der Waals surface area contributed by atoms with Gasteiger partial charge in [0, 0.05) is 6.54 Å². The Balaban J connectivity index is 1.69. The zero-order valence-corrected chi connectivity index (χ0v) is 18.8. The number of amides is 2. The fourth-order valence-electron chi connectivity index (χ4n) is 3.21. The minimum atomic E-state index is -3.94. The molecule has 33 heavy (non-hydrogen) atoms. The number of nitrogens with one attached hydrogen (secondary N) is 2. The number of carbonyl (C=O) groups is 2. The van der Waals surface area contributed by atoms with E-state index in [1.807, 2.05) is 30.3 Å². The first kappa shape index (κ1) is 23.9. The van der Waals surface area contributed by atoms with Gasteiger partial charge in [-0.15, -0.1) is 0 Å². The highest BCUT2D eigenvalue weighted by Crippen LogP contribution is 2.22. The van der Waals surface area contributed by atoms with Crippen LogP contribution in [0.5, 0.6) is 0 Å². The summed E-state index contributed by atoms with van der Waals surface area (Å²) in [5.41, 5.74) is 1.30. The molecule has 3 aromatic rings. The normalized spacial score (nSPS) is 11.0. The van der Waals surface area contributed by atoms with Crippen LogP contribution >= 0.6 is 0 Å². The molecule has 2 N–H and O–H groups in total. The molecule has 0 unspecified atom stereocenters. The summed E-state index contributed by atoms with van der Waals surface area (Å²) in [6.07, 6.45) is 1.54. The van der Waals surface area contributed by atoms with Crippen molar-refractivity contribution in [3.05, 3.63) is 95.8 Å². The third-order valence-electron chi connectivity index (χ3n) is 4.80. The molecule has 0 bridgehead atoms. The van der Waals surface area contributed by atoms with Crippen LogP contribution in [0.25, 0.3) is 0 Å². The van der Waals surface area contributed by atoms with Crippen molar-refractivity contribution in [2.24, 2.45) is 0 Å². The Morgan fingerprint density at radius 2 is 1.55 bits per heavy atom. The van der Waals surface area contributed by atoms with Crippen molar-refractivity contribution in [3.63, 3.8) is 0 Å². The summed E-state index contributed by atoms with van der Waals surface area (Å²) in [6.45, 7) is -0.246. The van der Waals surface area contributed by atoms with Crippen LogP contribution in [-0.4, -0.2) is 39.6 Å². The molecule has 0 spiro atoms. The molecule has 0 fully saturated rings. The molecular weight excluding hydrogens is 445 g/mol. The number of anilines is 2. The number of nitrogens with zero attached hydrogens (tertiary/aromatic N) is 1. The van der Waals surface area contributed by atoms with Crippen molar-refractivity contribution in [1.82, 2.24) is 5.32 Å². The maximum absolute atomic E-state index is 14.2. The second kappa shape index (κ2) is 10.7. The van der Waals surface area contributed by atoms with Gasteiger partial charge in [-0.25, -0.2) is 12.8 Å². The van der Waals surface area contributed by atoms with E-state index in [4.69, 9.17) is 0 Å². The Morgan fingerprint density at radius 1 is 0.909 bits per heavy atom. The second-order valence-corrected chi connectivity index (χ2v) is 9.21. The Hall–Kier alpha value is -3.72. The van der Waals surface area contributed by atoms with Crippen molar-refractivity contribution >= 4 is 33.2 Å². The summed E-state index contributed by atoms with van der Waals surface area (Å²) >= 11 is 0. The highest BCUT2D eigenvalue weighted by Gasteiger charge is 2.24. The molecule has 0 aliphatic carbocycles. The number of sulfonamides is 1. The maximum atomic E-state index is 14.2. The van der Waals surface area contributed by atoms with Crippen LogP contribution in [0.4, 0.5) is 15.8 Å². The van der Waals surface area contributed by atoms with Gasteiger partial charge in [0.2, 0.25) is 15.9 Å². The standard InChI is InChI=1S/C24H24FN3O4S/c1-33(31,32)28(22-14-8-6-12-20(22)25)17-23(29)27-21-13-7-5-11-19(21)24(30)26-16-15-18-9-3-2-4-10-18/h2-14H,15-17H2,1H3,(H,26,30)(H,27,29). The number of benzene rings is 3. The van der Waals surface area contributed by atoms with E-state index in [1.165, 1.54) is 24.3 Å². The molecule has 0 heterocycles. The van der Waals surface area contributed by atoms with Crippen molar-refractivity contribution in [2.75, 3.05) is 29.0 Å². The van der Waals surface area contributed by atoms with E-state index in [-0.39, 0.29) is 22.8 Å². The lowest BCUT2D eigenvalue weighted by atomic mass is 10.1. The molecule has 9 heteroatoms. The Kier molecular flexibility index (Phi) is 7.78. The smallest absolute Gasteiger partial charge is 0.253 e. The summed E-state index contributed by atoms with van der Waals surface area (Å²) in [4.78, 5) is 25.3. The van der Waals surface area contributed by atoms with Gasteiger partial charge in [0.15, 0.2) is 0 Å². The van der Waals surface area contributed by atoms with Gasteiger partial charge >= 0.3 is 0 Å². The van der Waals surface area contributed by atoms with E-state index >= 15 is 0 Å². The molecule has 0 aromatic heterocycles. The quantitative estimate of drug-likeness (QED) is 0.503. The number of carbonyl (C=O) groups excluding carboxylic acids is 2. The highest BCUT2D eigenvalue weighted by molar-refractivity contribution is 7.92. The van der Waals surface area contributed by atoms with Crippen molar-refractivity contribution in [1.29, 1.82) is 0 Å². The Bertz CT molecular complexity index is 1230. The fraction of sp³-hybridized carbons (Fsp3) is 0.167. The molecule has 2 amide bonds. The number of hydrogen-bond acceptors (Lipinski definition) is 4. The predicted octanol–water partition coefficient (Wildman–Crippen LogP) is 3.20. The van der Waals surface area contributed by atoms with Gasteiger partial charge in [-0.05, 0) is 36.2 Å².